The van der Waals surface area contributed by atoms with E-state index in [9.17, 15) is 14.9 Å². The first-order valence-electron chi connectivity index (χ1n) is 3.49. The van der Waals surface area contributed by atoms with Crippen LogP contribution in [-0.4, -0.2) is 28.1 Å². The van der Waals surface area contributed by atoms with Crippen LogP contribution in [0.4, 0.5) is 5.82 Å². The van der Waals surface area contributed by atoms with E-state index < -0.39 is 22.4 Å². The van der Waals surface area contributed by atoms with Crippen molar-refractivity contribution in [2.75, 3.05) is 7.11 Å². The Morgan fingerprint density at radius 2 is 2.29 bits per heavy atom. The Morgan fingerprint density at radius 1 is 1.64 bits per heavy atom. The molecule has 7 nitrogen and oxygen atoms in total. The summed E-state index contributed by atoms with van der Waals surface area (Å²) in [5.41, 5.74) is -0.391. The van der Waals surface area contributed by atoms with Crippen molar-refractivity contribution in [2.45, 2.75) is 0 Å². The van der Waals surface area contributed by atoms with Gasteiger partial charge < -0.3 is 20.0 Å². The Morgan fingerprint density at radius 3 is 2.71 bits per heavy atom. The Labute approximate surface area is 78.1 Å². The first kappa shape index (κ1) is 9.90. The molecule has 1 aromatic heterocycles. The number of ether oxygens (including phenoxy) is 1. The number of carboxylic acid groups (broad SMARTS) is 1. The highest BCUT2D eigenvalue weighted by Gasteiger charge is 2.21. The molecule has 14 heavy (non-hydrogen) atoms. The first-order valence-corrected chi connectivity index (χ1v) is 3.49. The summed E-state index contributed by atoms with van der Waals surface area (Å²) in [7, 11) is 1.24. The number of aromatic nitrogens is 1. The lowest BCUT2D eigenvalue weighted by molar-refractivity contribution is -0.390. The van der Waals surface area contributed by atoms with Crippen LogP contribution in [0, 0.1) is 10.1 Å². The summed E-state index contributed by atoms with van der Waals surface area (Å²) in [4.78, 5) is 23.4. The van der Waals surface area contributed by atoms with Crippen molar-refractivity contribution in [1.82, 2.24) is 4.98 Å². The van der Waals surface area contributed by atoms with Crippen LogP contribution in [0.2, 0.25) is 0 Å². The van der Waals surface area contributed by atoms with Crippen LogP contribution in [-0.2, 0) is 0 Å². The van der Waals surface area contributed by atoms with Gasteiger partial charge in [0.05, 0.1) is 7.11 Å². The highest BCUT2D eigenvalue weighted by atomic mass is 16.6. The molecule has 0 unspecified atom stereocenters. The van der Waals surface area contributed by atoms with Crippen LogP contribution in [0.15, 0.2) is 12.1 Å². The summed E-state index contributed by atoms with van der Waals surface area (Å²) in [5.74, 6) is -2.00. The number of carboxylic acids is 1. The molecule has 0 atom stereocenters. The number of carbonyl (C=O) groups is 1. The minimum Gasteiger partial charge on any atom is -0.489 e. The molecule has 7 heteroatoms. The van der Waals surface area contributed by atoms with Gasteiger partial charge in [-0.2, -0.15) is 0 Å². The number of pyridine rings is 1. The maximum Gasteiger partial charge on any atom is 0.407 e. The fourth-order valence-corrected chi connectivity index (χ4v) is 0.845. The highest BCUT2D eigenvalue weighted by Crippen LogP contribution is 2.23. The fourth-order valence-electron chi connectivity index (χ4n) is 0.845. The van der Waals surface area contributed by atoms with Crippen LogP contribution >= 0.6 is 0 Å². The second-order valence-corrected chi connectivity index (χ2v) is 2.28. The number of hydrogen-bond donors (Lipinski definition) is 1. The molecule has 1 aromatic rings. The molecule has 0 aliphatic heterocycles. The van der Waals surface area contributed by atoms with Crippen molar-refractivity contribution in [3.63, 3.8) is 0 Å². The fraction of sp³-hybridized carbons (Fsp3) is 0.143. The molecule has 0 aliphatic rings. The Kier molecular flexibility index (Phi) is 2.61. The molecule has 0 bridgehead atoms. The van der Waals surface area contributed by atoms with E-state index in [1.54, 1.807) is 0 Å². The average Bonchev–Trinajstić information content (AvgIpc) is 2.16. The number of nitrogens with zero attached hydrogens (tertiary/aromatic N) is 2. The summed E-state index contributed by atoms with van der Waals surface area (Å²) in [6.07, 6.45) is 0. The zero-order chi connectivity index (χ0) is 10.7. The van der Waals surface area contributed by atoms with E-state index in [-0.39, 0.29) is 5.75 Å². The van der Waals surface area contributed by atoms with E-state index in [2.05, 4.69) is 9.72 Å². The van der Waals surface area contributed by atoms with Gasteiger partial charge in [0.2, 0.25) is 5.75 Å². The third kappa shape index (κ3) is 1.76. The molecule has 0 aromatic carbocycles. The summed E-state index contributed by atoms with van der Waals surface area (Å²) >= 11 is 0. The van der Waals surface area contributed by atoms with E-state index in [0.717, 1.165) is 6.07 Å². The van der Waals surface area contributed by atoms with Gasteiger partial charge in [-0.05, 0) is 16.0 Å². The number of methoxy groups -OCH3 is 1. The molecule has 1 rings (SSSR count). The van der Waals surface area contributed by atoms with Gasteiger partial charge in [-0.25, -0.2) is 4.79 Å². The van der Waals surface area contributed by atoms with Crippen LogP contribution < -0.4 is 4.74 Å². The summed E-state index contributed by atoms with van der Waals surface area (Å²) < 4.78 is 4.64. The normalized spacial score (nSPS) is 9.50. The lowest BCUT2D eigenvalue weighted by atomic mass is 10.3. The molecule has 0 saturated carbocycles. The van der Waals surface area contributed by atoms with E-state index in [1.165, 1.54) is 13.2 Å². The summed E-state index contributed by atoms with van der Waals surface area (Å²) in [6, 6.07) is 2.32. The van der Waals surface area contributed by atoms with Gasteiger partial charge in [0.25, 0.3) is 5.69 Å². The molecule has 0 radical (unpaired) electrons. The van der Waals surface area contributed by atoms with E-state index >= 15 is 0 Å². The summed E-state index contributed by atoms with van der Waals surface area (Å²) in [5, 5.41) is 19.0. The van der Waals surface area contributed by atoms with E-state index in [4.69, 9.17) is 5.11 Å². The van der Waals surface area contributed by atoms with Crippen LogP contribution in [0.25, 0.3) is 0 Å². The van der Waals surface area contributed by atoms with Gasteiger partial charge in [0, 0.05) is 6.07 Å². The maximum atomic E-state index is 10.4. The predicted molar refractivity (Wildman–Crippen MR) is 44.4 cm³/mol. The van der Waals surface area contributed by atoms with Crippen LogP contribution in [0.1, 0.15) is 10.5 Å². The van der Waals surface area contributed by atoms with Crippen molar-refractivity contribution >= 4 is 11.8 Å². The van der Waals surface area contributed by atoms with Crippen molar-refractivity contribution in [3.05, 3.63) is 27.9 Å². The minimum absolute atomic E-state index is 0.0694. The third-order valence-electron chi connectivity index (χ3n) is 1.45. The maximum absolute atomic E-state index is 10.4. The van der Waals surface area contributed by atoms with Crippen LogP contribution in [0.5, 0.6) is 5.75 Å². The molecule has 0 saturated heterocycles. The third-order valence-corrected chi connectivity index (χ3v) is 1.45. The molecule has 1 heterocycles. The van der Waals surface area contributed by atoms with Gasteiger partial charge in [0.15, 0.2) is 0 Å². The minimum atomic E-state index is -1.32. The quantitative estimate of drug-likeness (QED) is 0.566. The smallest absolute Gasteiger partial charge is 0.407 e. The number of aromatic carboxylic acids is 1. The Bertz CT molecular complexity index is 390. The van der Waals surface area contributed by atoms with Crippen molar-refractivity contribution in [2.24, 2.45) is 0 Å². The summed E-state index contributed by atoms with van der Waals surface area (Å²) in [6.45, 7) is 0. The van der Waals surface area contributed by atoms with Crippen molar-refractivity contribution in [1.29, 1.82) is 0 Å². The van der Waals surface area contributed by atoms with E-state index in [0.29, 0.717) is 0 Å². The second-order valence-electron chi connectivity index (χ2n) is 2.28. The second kappa shape index (κ2) is 3.69. The monoisotopic (exact) mass is 198 g/mol. The zero-order valence-electron chi connectivity index (χ0n) is 7.13. The topological polar surface area (TPSA) is 103 Å². The average molecular weight is 198 g/mol. The molecular formula is C7H6N2O5. The molecule has 74 valence electrons. The van der Waals surface area contributed by atoms with Crippen LogP contribution in [0.3, 0.4) is 0 Å². The lowest BCUT2D eigenvalue weighted by Gasteiger charge is -1.99. The van der Waals surface area contributed by atoms with Crippen molar-refractivity contribution < 1.29 is 19.6 Å². The van der Waals surface area contributed by atoms with Gasteiger partial charge in [0.1, 0.15) is 0 Å². The molecule has 1 N–H and O–H groups in total. The Balaban J connectivity index is 3.27. The molecule has 0 spiro atoms. The zero-order valence-corrected chi connectivity index (χ0v) is 7.13. The van der Waals surface area contributed by atoms with E-state index in [1.807, 2.05) is 0 Å². The molecule has 0 fully saturated rings. The predicted octanol–water partition coefficient (Wildman–Crippen LogP) is 0.697. The lowest BCUT2D eigenvalue weighted by Crippen LogP contribution is -2.04. The molecule has 0 aliphatic carbocycles. The van der Waals surface area contributed by atoms with Gasteiger partial charge >= 0.3 is 11.8 Å². The standard InChI is InChI=1S/C7H6N2O5/c1-14-5-3-2-4(7(10)11)8-6(5)9(12)13/h2-3H,1H3,(H,10,11). The first-order chi connectivity index (χ1) is 6.56. The van der Waals surface area contributed by atoms with Gasteiger partial charge in [-0.3, -0.25) is 0 Å². The van der Waals surface area contributed by atoms with Crippen molar-refractivity contribution in [3.8, 4) is 5.75 Å². The molecule has 0 amide bonds. The number of hydrogen-bond acceptors (Lipinski definition) is 5. The number of rotatable bonds is 3. The SMILES string of the molecule is COc1ccc(C(=O)O)nc1[N+](=O)[O-]. The highest BCUT2D eigenvalue weighted by molar-refractivity contribution is 5.85. The molecular weight excluding hydrogens is 192 g/mol. The Hall–Kier alpha value is -2.18. The number of nitro groups is 1. The largest absolute Gasteiger partial charge is 0.489 e. The van der Waals surface area contributed by atoms with Gasteiger partial charge in [-0.1, -0.05) is 0 Å². The van der Waals surface area contributed by atoms with Gasteiger partial charge in [-0.15, -0.1) is 0 Å².